The second-order valence-corrected chi connectivity index (χ2v) is 12.6. The lowest BCUT2D eigenvalue weighted by atomic mass is 10.2. The number of sulfonamides is 1. The molecule has 1 aliphatic rings. The number of aryl methyl sites for hydroxylation is 1. The van der Waals surface area contributed by atoms with Crippen LogP contribution in [0.15, 0.2) is 126 Å². The second kappa shape index (κ2) is 8.35. The molecule has 0 spiro atoms. The van der Waals surface area contributed by atoms with Crippen molar-refractivity contribution in [2.75, 3.05) is 11.4 Å². The van der Waals surface area contributed by atoms with Gasteiger partial charge in [-0.2, -0.15) is 0 Å². The fraction of sp³-hybridized carbons (Fsp3) is 0.0769. The Morgan fingerprint density at radius 3 is 1.81 bits per heavy atom. The molecule has 0 saturated carbocycles. The van der Waals surface area contributed by atoms with Gasteiger partial charge in [0, 0.05) is 7.05 Å². The van der Waals surface area contributed by atoms with Gasteiger partial charge in [0.15, 0.2) is 14.7 Å². The predicted octanol–water partition coefficient (Wildman–Crippen LogP) is 6.38. The number of anilines is 1. The van der Waals surface area contributed by atoms with Gasteiger partial charge in [-0.3, -0.25) is 4.31 Å². The van der Waals surface area contributed by atoms with Crippen LogP contribution in [0.25, 0.3) is 0 Å². The normalized spacial score (nSPS) is 13.3. The molecule has 0 N–H and O–H groups in total. The lowest BCUT2D eigenvalue weighted by molar-refractivity contribution is 0.594. The number of nitrogens with zero attached hydrogens (tertiary/aromatic N) is 1. The summed E-state index contributed by atoms with van der Waals surface area (Å²) in [7, 11) is -2.23. The van der Waals surface area contributed by atoms with Crippen LogP contribution in [0.2, 0.25) is 0 Å². The molecule has 4 aromatic rings. The molecule has 1 aliphatic heterocycles. The van der Waals surface area contributed by atoms with Crippen molar-refractivity contribution in [1.29, 1.82) is 0 Å². The van der Waals surface area contributed by atoms with Crippen LogP contribution in [0, 0.1) is 6.92 Å². The first kappa shape index (κ1) is 21.2. The van der Waals surface area contributed by atoms with Gasteiger partial charge in [-0.1, -0.05) is 53.7 Å². The summed E-state index contributed by atoms with van der Waals surface area (Å²) in [6.07, 6.45) is 0. The van der Waals surface area contributed by atoms with Crippen LogP contribution in [0.1, 0.15) is 5.56 Å². The SMILES string of the molecule is Cc1ccc(S(=O)(=O)N(C)c2ccc([S+]3c4ccccc4Sc4ccccc43)cc2)cc1. The molecule has 0 fully saturated rings. The summed E-state index contributed by atoms with van der Waals surface area (Å²) in [6.45, 7) is 1.94. The number of hydrogen-bond donors (Lipinski definition) is 0. The van der Waals surface area contributed by atoms with Crippen LogP contribution >= 0.6 is 11.8 Å². The van der Waals surface area contributed by atoms with Gasteiger partial charge in [0.05, 0.1) is 20.4 Å². The molecule has 0 aliphatic carbocycles. The largest absolute Gasteiger partial charge is 0.269 e. The third-order valence-electron chi connectivity index (χ3n) is 5.47. The first-order chi connectivity index (χ1) is 15.4. The molecular formula is C26H22NO2S3+. The minimum atomic E-state index is -3.61. The molecule has 0 radical (unpaired) electrons. The molecular weight excluding hydrogens is 454 g/mol. The summed E-state index contributed by atoms with van der Waals surface area (Å²) < 4.78 is 27.5. The van der Waals surface area contributed by atoms with E-state index in [0.717, 1.165) is 5.56 Å². The highest BCUT2D eigenvalue weighted by Crippen LogP contribution is 2.48. The average molecular weight is 477 g/mol. The third kappa shape index (κ3) is 3.72. The smallest absolute Gasteiger partial charge is 0.264 e. The molecule has 0 saturated heterocycles. The van der Waals surface area contributed by atoms with Gasteiger partial charge in [-0.25, -0.2) is 8.42 Å². The zero-order valence-electron chi connectivity index (χ0n) is 17.7. The average Bonchev–Trinajstić information content (AvgIpc) is 2.82. The van der Waals surface area contributed by atoms with Crippen LogP contribution in [-0.2, 0) is 20.9 Å². The quantitative estimate of drug-likeness (QED) is 0.283. The van der Waals surface area contributed by atoms with E-state index in [9.17, 15) is 8.42 Å². The van der Waals surface area contributed by atoms with E-state index in [-0.39, 0.29) is 10.9 Å². The van der Waals surface area contributed by atoms with E-state index < -0.39 is 10.0 Å². The maximum absolute atomic E-state index is 13.1. The van der Waals surface area contributed by atoms with E-state index in [0.29, 0.717) is 10.6 Å². The van der Waals surface area contributed by atoms with E-state index in [1.54, 1.807) is 19.2 Å². The highest BCUT2D eigenvalue weighted by molar-refractivity contribution is 8.04. The van der Waals surface area contributed by atoms with Crippen LogP contribution in [0.4, 0.5) is 5.69 Å². The minimum absolute atomic E-state index is 0.228. The molecule has 1 heterocycles. The Morgan fingerprint density at radius 1 is 0.719 bits per heavy atom. The lowest BCUT2D eigenvalue weighted by Crippen LogP contribution is -2.26. The van der Waals surface area contributed by atoms with Crippen molar-refractivity contribution in [3.05, 3.63) is 103 Å². The van der Waals surface area contributed by atoms with Crippen LogP contribution < -0.4 is 4.31 Å². The zero-order chi connectivity index (χ0) is 22.3. The fourth-order valence-corrected chi connectivity index (χ4v) is 8.63. The lowest BCUT2D eigenvalue weighted by Gasteiger charge is -2.21. The highest BCUT2D eigenvalue weighted by Gasteiger charge is 2.37. The molecule has 0 amide bonds. The van der Waals surface area contributed by atoms with Crippen LogP contribution in [0.3, 0.4) is 0 Å². The summed E-state index contributed by atoms with van der Waals surface area (Å²) in [6, 6.07) is 32.0. The van der Waals surface area contributed by atoms with E-state index in [4.69, 9.17) is 0 Å². The highest BCUT2D eigenvalue weighted by atomic mass is 32.2. The van der Waals surface area contributed by atoms with E-state index in [1.807, 2.05) is 43.0 Å². The zero-order valence-corrected chi connectivity index (χ0v) is 20.2. The van der Waals surface area contributed by atoms with Crippen molar-refractivity contribution in [2.24, 2.45) is 0 Å². The Morgan fingerprint density at radius 2 is 1.25 bits per heavy atom. The van der Waals surface area contributed by atoms with Gasteiger partial charge in [-0.05, 0) is 67.6 Å². The Bertz CT molecular complexity index is 1340. The third-order valence-corrected chi connectivity index (χ3v) is 11.0. The number of fused-ring (bicyclic) bond motifs is 2. The van der Waals surface area contributed by atoms with Gasteiger partial charge in [0.1, 0.15) is 10.9 Å². The Labute approximate surface area is 196 Å². The van der Waals surface area contributed by atoms with Gasteiger partial charge in [-0.15, -0.1) is 0 Å². The topological polar surface area (TPSA) is 37.4 Å². The number of hydrogen-bond acceptors (Lipinski definition) is 3. The summed E-state index contributed by atoms with van der Waals surface area (Å²) in [5.41, 5.74) is 1.68. The van der Waals surface area contributed by atoms with Crippen LogP contribution in [-0.4, -0.2) is 15.5 Å². The Kier molecular flexibility index (Phi) is 5.53. The summed E-state index contributed by atoms with van der Waals surface area (Å²) >= 11 is 1.81. The van der Waals surface area contributed by atoms with Crippen molar-refractivity contribution >= 4 is 38.4 Å². The van der Waals surface area contributed by atoms with Crippen molar-refractivity contribution in [3.63, 3.8) is 0 Å². The maximum atomic E-state index is 13.1. The predicted molar refractivity (Wildman–Crippen MR) is 132 cm³/mol. The number of rotatable bonds is 4. The van der Waals surface area contributed by atoms with Crippen LogP contribution in [0.5, 0.6) is 0 Å². The number of benzene rings is 4. The second-order valence-electron chi connectivity index (χ2n) is 7.58. The molecule has 0 bridgehead atoms. The standard InChI is InChI=1S/C26H22NO2S3/c1-19-11-17-22(18-12-19)32(28,29)27(2)20-13-15-21(16-14-20)31-25-9-5-3-7-23(25)30-24-8-4-6-10-26(24)31/h3-18H,1-2H3/q+1. The van der Waals surface area contributed by atoms with Crippen molar-refractivity contribution in [2.45, 2.75) is 36.3 Å². The molecule has 3 nitrogen and oxygen atoms in total. The molecule has 0 atom stereocenters. The summed E-state index contributed by atoms with van der Waals surface area (Å²) in [5, 5.41) is 0. The van der Waals surface area contributed by atoms with Gasteiger partial charge >= 0.3 is 0 Å². The molecule has 5 rings (SSSR count). The van der Waals surface area contributed by atoms with E-state index in [1.165, 1.54) is 28.8 Å². The maximum Gasteiger partial charge on any atom is 0.264 e. The fourth-order valence-electron chi connectivity index (χ4n) is 3.70. The van der Waals surface area contributed by atoms with Crippen molar-refractivity contribution in [1.82, 2.24) is 0 Å². The minimum Gasteiger partial charge on any atom is -0.269 e. The summed E-state index contributed by atoms with van der Waals surface area (Å²) in [5.74, 6) is 0. The first-order valence-electron chi connectivity index (χ1n) is 10.2. The molecule has 32 heavy (non-hydrogen) atoms. The molecule has 0 unspecified atom stereocenters. The Balaban J connectivity index is 1.51. The van der Waals surface area contributed by atoms with Gasteiger partial charge in [0.25, 0.3) is 10.0 Å². The monoisotopic (exact) mass is 476 g/mol. The molecule has 160 valence electrons. The van der Waals surface area contributed by atoms with E-state index in [2.05, 4.69) is 60.7 Å². The van der Waals surface area contributed by atoms with Crippen molar-refractivity contribution < 1.29 is 8.42 Å². The first-order valence-corrected chi connectivity index (χ1v) is 13.7. The van der Waals surface area contributed by atoms with Gasteiger partial charge < -0.3 is 0 Å². The van der Waals surface area contributed by atoms with E-state index >= 15 is 0 Å². The molecule has 0 aromatic heterocycles. The van der Waals surface area contributed by atoms with Crippen molar-refractivity contribution in [3.8, 4) is 0 Å². The Hall–Kier alpha value is -2.67. The molecule has 4 aromatic carbocycles. The molecule has 6 heteroatoms. The summed E-state index contributed by atoms with van der Waals surface area (Å²) in [4.78, 5) is 6.64. The van der Waals surface area contributed by atoms with Gasteiger partial charge in [0.2, 0.25) is 0 Å².